The van der Waals surface area contributed by atoms with Crippen LogP contribution in [0.25, 0.3) is 0 Å². The van der Waals surface area contributed by atoms with Crippen LogP contribution in [-0.4, -0.2) is 25.1 Å². The molecule has 0 atom stereocenters. The van der Waals surface area contributed by atoms with Crippen LogP contribution in [0.2, 0.25) is 0 Å². The number of nitrogen functional groups attached to an aromatic ring is 1. The summed E-state index contributed by atoms with van der Waals surface area (Å²) in [5.74, 6) is 5.80. The third-order valence-corrected chi connectivity index (χ3v) is 4.71. The number of nitrogens with zero attached hydrogens (tertiary/aromatic N) is 2. The molecule has 1 aromatic carbocycles. The molecule has 2 aromatic rings. The zero-order valence-electron chi connectivity index (χ0n) is 11.8. The molecule has 8 nitrogen and oxygen atoms in total. The minimum absolute atomic E-state index is 0.192. The first-order chi connectivity index (χ1) is 9.94. The summed E-state index contributed by atoms with van der Waals surface area (Å²) in [6.45, 7) is 3.64. The minimum Gasteiger partial charge on any atom is -0.343 e. The number of anilines is 1. The number of aryl methyl sites for hydroxylation is 2. The highest BCUT2D eigenvalue weighted by atomic mass is 32.2. The molecule has 2 rings (SSSR count). The summed E-state index contributed by atoms with van der Waals surface area (Å²) in [4.78, 5) is 4.09. The molecule has 0 spiro atoms. The fourth-order valence-electron chi connectivity index (χ4n) is 2.13. The van der Waals surface area contributed by atoms with E-state index < -0.39 is 10.0 Å². The molecule has 0 saturated carbocycles. The highest BCUT2D eigenvalue weighted by Gasteiger charge is 2.20. The summed E-state index contributed by atoms with van der Waals surface area (Å²) in [7, 11) is -3.60. The van der Waals surface area contributed by atoms with E-state index in [0.717, 1.165) is 0 Å². The zero-order chi connectivity index (χ0) is 15.5. The van der Waals surface area contributed by atoms with Gasteiger partial charge in [-0.05, 0) is 37.1 Å². The Labute approximate surface area is 122 Å². The molecule has 0 saturated heterocycles. The van der Waals surface area contributed by atoms with E-state index in [4.69, 9.17) is 5.84 Å². The van der Waals surface area contributed by atoms with E-state index in [1.807, 2.05) is 0 Å². The fraction of sp³-hybridized carbons (Fsp3) is 0.333. The second-order valence-electron chi connectivity index (χ2n) is 4.58. The van der Waals surface area contributed by atoms with Crippen LogP contribution in [0.5, 0.6) is 0 Å². The van der Waals surface area contributed by atoms with E-state index in [9.17, 15) is 8.42 Å². The normalized spacial score (nSPS) is 11.6. The van der Waals surface area contributed by atoms with Gasteiger partial charge in [-0.15, -0.1) is 0 Å². The van der Waals surface area contributed by atoms with E-state index in [0.29, 0.717) is 29.1 Å². The Morgan fingerprint density at radius 2 is 1.95 bits per heavy atom. The highest BCUT2D eigenvalue weighted by molar-refractivity contribution is 7.89. The van der Waals surface area contributed by atoms with Crippen molar-refractivity contribution in [3.8, 4) is 0 Å². The molecular formula is C12H17N5O3S. The summed E-state index contributed by atoms with van der Waals surface area (Å²) in [5, 5.41) is 3.62. The topological polar surface area (TPSA) is 123 Å². The lowest BCUT2D eigenvalue weighted by Gasteiger charge is -2.13. The molecule has 9 heteroatoms. The van der Waals surface area contributed by atoms with Crippen LogP contribution >= 0.6 is 0 Å². The van der Waals surface area contributed by atoms with Gasteiger partial charge in [0.05, 0.1) is 4.90 Å². The van der Waals surface area contributed by atoms with Crippen LogP contribution in [0, 0.1) is 13.8 Å². The van der Waals surface area contributed by atoms with Gasteiger partial charge >= 0.3 is 0 Å². The highest BCUT2D eigenvalue weighted by Crippen LogP contribution is 2.23. The predicted octanol–water partition coefficient (Wildman–Crippen LogP) is 0.493. The van der Waals surface area contributed by atoms with Crippen molar-refractivity contribution < 1.29 is 12.9 Å². The standard InChI is InChI=1S/C12H17N5O3S/c1-8-5-10(16-13)6-9(2)12(8)21(18,19)15-4-3-11-14-7-20-17-11/h5-7,15-16H,3-4,13H2,1-2H3. The Kier molecular flexibility index (Phi) is 4.56. The Hall–Kier alpha value is -1.97. The molecule has 0 aliphatic rings. The molecule has 4 N–H and O–H groups in total. The number of benzene rings is 1. The maximum atomic E-state index is 12.4. The second-order valence-corrected chi connectivity index (χ2v) is 6.28. The average molecular weight is 311 g/mol. The predicted molar refractivity (Wildman–Crippen MR) is 76.9 cm³/mol. The van der Waals surface area contributed by atoms with Gasteiger partial charge in [-0.1, -0.05) is 5.16 Å². The number of hydrogen-bond donors (Lipinski definition) is 3. The number of sulfonamides is 1. The SMILES string of the molecule is Cc1cc(NN)cc(C)c1S(=O)(=O)NCCc1ncon1. The van der Waals surface area contributed by atoms with Crippen LogP contribution in [-0.2, 0) is 16.4 Å². The van der Waals surface area contributed by atoms with E-state index >= 15 is 0 Å². The van der Waals surface area contributed by atoms with Crippen molar-refractivity contribution in [2.45, 2.75) is 25.2 Å². The van der Waals surface area contributed by atoms with E-state index in [-0.39, 0.29) is 11.4 Å². The van der Waals surface area contributed by atoms with Crippen molar-refractivity contribution in [2.24, 2.45) is 5.84 Å². The van der Waals surface area contributed by atoms with Gasteiger partial charge in [0.15, 0.2) is 5.82 Å². The number of nitrogens with two attached hydrogens (primary N) is 1. The van der Waals surface area contributed by atoms with Crippen LogP contribution in [0.4, 0.5) is 5.69 Å². The molecule has 1 aromatic heterocycles. The van der Waals surface area contributed by atoms with Gasteiger partial charge in [0, 0.05) is 18.7 Å². The Balaban J connectivity index is 2.15. The van der Waals surface area contributed by atoms with E-state index in [2.05, 4.69) is 24.8 Å². The molecule has 0 aliphatic carbocycles. The summed E-state index contributed by atoms with van der Waals surface area (Å²) in [6, 6.07) is 3.36. The van der Waals surface area contributed by atoms with Crippen LogP contribution in [0.15, 0.2) is 27.9 Å². The molecule has 21 heavy (non-hydrogen) atoms. The van der Waals surface area contributed by atoms with Gasteiger partial charge in [0.1, 0.15) is 0 Å². The summed E-state index contributed by atoms with van der Waals surface area (Å²) >= 11 is 0. The monoisotopic (exact) mass is 311 g/mol. The van der Waals surface area contributed by atoms with E-state index in [1.54, 1.807) is 26.0 Å². The first-order valence-electron chi connectivity index (χ1n) is 6.27. The summed E-state index contributed by atoms with van der Waals surface area (Å²) < 4.78 is 31.9. The first-order valence-corrected chi connectivity index (χ1v) is 7.75. The number of hydrogen-bond acceptors (Lipinski definition) is 7. The van der Waals surface area contributed by atoms with Gasteiger partial charge < -0.3 is 9.95 Å². The maximum Gasteiger partial charge on any atom is 0.241 e. The fourth-order valence-corrected chi connectivity index (χ4v) is 3.61. The third-order valence-electron chi connectivity index (χ3n) is 2.94. The molecule has 0 aliphatic heterocycles. The molecule has 0 unspecified atom stereocenters. The first kappa shape index (κ1) is 15.4. The lowest BCUT2D eigenvalue weighted by molar-refractivity contribution is 0.410. The largest absolute Gasteiger partial charge is 0.343 e. The summed E-state index contributed by atoms with van der Waals surface area (Å²) in [5.41, 5.74) is 4.41. The summed E-state index contributed by atoms with van der Waals surface area (Å²) in [6.07, 6.45) is 1.56. The molecule has 0 bridgehead atoms. The lowest BCUT2D eigenvalue weighted by Crippen LogP contribution is -2.27. The molecule has 1 heterocycles. The number of hydrazine groups is 1. The van der Waals surface area contributed by atoms with Crippen molar-refractivity contribution in [1.29, 1.82) is 0 Å². The Morgan fingerprint density at radius 3 is 2.48 bits per heavy atom. The smallest absolute Gasteiger partial charge is 0.241 e. The van der Waals surface area contributed by atoms with Gasteiger partial charge in [0.2, 0.25) is 16.4 Å². The van der Waals surface area contributed by atoms with Crippen LogP contribution in [0.1, 0.15) is 17.0 Å². The quantitative estimate of drug-likeness (QED) is 0.524. The number of nitrogens with one attached hydrogen (secondary N) is 2. The molecule has 0 amide bonds. The minimum atomic E-state index is -3.60. The Morgan fingerprint density at radius 1 is 1.29 bits per heavy atom. The van der Waals surface area contributed by atoms with Crippen molar-refractivity contribution in [3.05, 3.63) is 35.5 Å². The van der Waals surface area contributed by atoms with E-state index in [1.165, 1.54) is 6.39 Å². The second kappa shape index (κ2) is 6.20. The van der Waals surface area contributed by atoms with Crippen molar-refractivity contribution in [1.82, 2.24) is 14.9 Å². The number of aromatic nitrogens is 2. The van der Waals surface area contributed by atoms with Crippen molar-refractivity contribution in [2.75, 3.05) is 12.0 Å². The lowest BCUT2D eigenvalue weighted by atomic mass is 10.1. The van der Waals surface area contributed by atoms with Gasteiger partial charge in [-0.2, -0.15) is 4.98 Å². The van der Waals surface area contributed by atoms with Gasteiger partial charge in [0.25, 0.3) is 0 Å². The Bertz CT molecular complexity index is 689. The maximum absolute atomic E-state index is 12.4. The molecule has 0 radical (unpaired) electrons. The van der Waals surface area contributed by atoms with Gasteiger partial charge in [-0.3, -0.25) is 5.84 Å². The number of rotatable bonds is 6. The van der Waals surface area contributed by atoms with Gasteiger partial charge in [-0.25, -0.2) is 13.1 Å². The third kappa shape index (κ3) is 3.57. The van der Waals surface area contributed by atoms with Crippen LogP contribution in [0.3, 0.4) is 0 Å². The van der Waals surface area contributed by atoms with Crippen LogP contribution < -0.4 is 16.0 Å². The molecule has 0 fully saturated rings. The van der Waals surface area contributed by atoms with Crippen molar-refractivity contribution >= 4 is 15.7 Å². The zero-order valence-corrected chi connectivity index (χ0v) is 12.6. The average Bonchev–Trinajstić information content (AvgIpc) is 2.90. The van der Waals surface area contributed by atoms with Crippen molar-refractivity contribution in [3.63, 3.8) is 0 Å². The molecule has 114 valence electrons. The molecular weight excluding hydrogens is 294 g/mol.